The third-order valence-corrected chi connectivity index (χ3v) is 2.15. The summed E-state index contributed by atoms with van der Waals surface area (Å²) in [6.07, 6.45) is 7.23. The molecule has 0 aromatic carbocycles. The lowest BCUT2D eigenvalue weighted by molar-refractivity contribution is 0.812. The van der Waals surface area contributed by atoms with E-state index in [0.29, 0.717) is 0 Å². The molecule has 0 aliphatic rings. The van der Waals surface area contributed by atoms with Gasteiger partial charge in [-0.2, -0.15) is 0 Å². The maximum atomic E-state index is 3.47. The molecule has 0 bridgehead atoms. The summed E-state index contributed by atoms with van der Waals surface area (Å²) in [5.74, 6) is 0. The van der Waals surface area contributed by atoms with Crippen LogP contribution in [0, 0.1) is 0 Å². The van der Waals surface area contributed by atoms with Gasteiger partial charge in [-0.05, 0) is 17.3 Å². The molecule has 0 aliphatic heterocycles. The molecule has 0 N–H and O–H groups in total. The van der Waals surface area contributed by atoms with E-state index in [0.717, 1.165) is 6.42 Å². The first-order chi connectivity index (χ1) is 4.31. The Bertz CT molecular complexity index is 84.6. The van der Waals surface area contributed by atoms with Crippen molar-refractivity contribution in [1.29, 1.82) is 0 Å². The van der Waals surface area contributed by atoms with Gasteiger partial charge in [0.25, 0.3) is 0 Å². The summed E-state index contributed by atoms with van der Waals surface area (Å²) >= 11 is 3.47. The Hall–Kier alpha value is 0.220. The van der Waals surface area contributed by atoms with Gasteiger partial charge in [0.1, 0.15) is 0 Å². The standard InChI is InChI=1S/C8H15Br/c1-3-5-6-7-8(9)4-2/h7H,3-6H2,1-2H3. The molecule has 54 valence electrons. The highest BCUT2D eigenvalue weighted by Crippen LogP contribution is 2.11. The van der Waals surface area contributed by atoms with Crippen molar-refractivity contribution < 1.29 is 0 Å². The van der Waals surface area contributed by atoms with Crippen molar-refractivity contribution in [3.05, 3.63) is 10.6 Å². The molecular weight excluding hydrogens is 176 g/mol. The van der Waals surface area contributed by atoms with Gasteiger partial charge in [0.05, 0.1) is 0 Å². The molecule has 0 nitrogen and oxygen atoms in total. The van der Waals surface area contributed by atoms with Crippen LogP contribution in [0.2, 0.25) is 0 Å². The maximum Gasteiger partial charge on any atom is -0.00920 e. The van der Waals surface area contributed by atoms with Gasteiger partial charge in [0.15, 0.2) is 0 Å². The van der Waals surface area contributed by atoms with Crippen LogP contribution in [0.15, 0.2) is 10.6 Å². The van der Waals surface area contributed by atoms with Crippen LogP contribution in [0.5, 0.6) is 0 Å². The zero-order valence-electron chi connectivity index (χ0n) is 6.28. The lowest BCUT2D eigenvalue weighted by atomic mass is 10.2. The molecular formula is C8H15Br. The molecule has 1 heteroatoms. The predicted molar refractivity (Wildman–Crippen MR) is 46.8 cm³/mol. The van der Waals surface area contributed by atoms with E-state index in [1.54, 1.807) is 0 Å². The Morgan fingerprint density at radius 1 is 1.44 bits per heavy atom. The number of allylic oxidation sites excluding steroid dienone is 2. The quantitative estimate of drug-likeness (QED) is 0.591. The molecule has 0 aromatic heterocycles. The molecule has 0 unspecified atom stereocenters. The highest BCUT2D eigenvalue weighted by molar-refractivity contribution is 9.11. The Morgan fingerprint density at radius 3 is 2.56 bits per heavy atom. The summed E-state index contributed by atoms with van der Waals surface area (Å²) in [4.78, 5) is 0. The van der Waals surface area contributed by atoms with Gasteiger partial charge in [-0.1, -0.05) is 48.7 Å². The first kappa shape index (κ1) is 9.22. The Balaban J connectivity index is 3.21. The molecule has 0 spiro atoms. The van der Waals surface area contributed by atoms with Crippen molar-refractivity contribution in [2.24, 2.45) is 0 Å². The van der Waals surface area contributed by atoms with E-state index in [9.17, 15) is 0 Å². The molecule has 0 fully saturated rings. The van der Waals surface area contributed by atoms with E-state index in [-0.39, 0.29) is 0 Å². The Morgan fingerprint density at radius 2 is 2.11 bits per heavy atom. The van der Waals surface area contributed by atoms with Gasteiger partial charge in [-0.15, -0.1) is 0 Å². The fraction of sp³-hybridized carbons (Fsp3) is 0.750. The summed E-state index contributed by atoms with van der Waals surface area (Å²) < 4.78 is 1.34. The third kappa shape index (κ3) is 6.10. The van der Waals surface area contributed by atoms with Crippen molar-refractivity contribution >= 4 is 15.9 Å². The zero-order valence-corrected chi connectivity index (χ0v) is 7.87. The number of rotatable bonds is 4. The highest BCUT2D eigenvalue weighted by atomic mass is 79.9. The van der Waals surface area contributed by atoms with Crippen LogP contribution in [0.3, 0.4) is 0 Å². The third-order valence-electron chi connectivity index (χ3n) is 1.26. The average Bonchev–Trinajstić information content (AvgIpc) is 1.89. The lowest BCUT2D eigenvalue weighted by Gasteiger charge is -1.91. The van der Waals surface area contributed by atoms with Crippen molar-refractivity contribution in [3.63, 3.8) is 0 Å². The minimum Gasteiger partial charge on any atom is -0.0744 e. The highest BCUT2D eigenvalue weighted by Gasteiger charge is 1.84. The number of unbranched alkanes of at least 4 members (excludes halogenated alkanes) is 2. The molecule has 0 saturated carbocycles. The molecule has 0 aromatic rings. The second-order valence-corrected chi connectivity index (χ2v) is 3.17. The largest absolute Gasteiger partial charge is 0.0744 e. The van der Waals surface area contributed by atoms with Crippen LogP contribution in [-0.4, -0.2) is 0 Å². The SMILES string of the molecule is CCCCC=C(Br)CC. The van der Waals surface area contributed by atoms with Crippen LogP contribution in [0.4, 0.5) is 0 Å². The minimum atomic E-state index is 1.13. The lowest BCUT2D eigenvalue weighted by Crippen LogP contribution is -1.69. The smallest absolute Gasteiger partial charge is 0.00920 e. The normalized spacial score (nSPS) is 12.1. The van der Waals surface area contributed by atoms with E-state index in [1.807, 2.05) is 0 Å². The van der Waals surface area contributed by atoms with Crippen molar-refractivity contribution in [2.45, 2.75) is 39.5 Å². The van der Waals surface area contributed by atoms with Crippen LogP contribution < -0.4 is 0 Å². The monoisotopic (exact) mass is 190 g/mol. The van der Waals surface area contributed by atoms with Gasteiger partial charge in [0, 0.05) is 0 Å². The van der Waals surface area contributed by atoms with Gasteiger partial charge in [0.2, 0.25) is 0 Å². The summed E-state index contributed by atoms with van der Waals surface area (Å²) in [5.41, 5.74) is 0. The van der Waals surface area contributed by atoms with Crippen molar-refractivity contribution in [1.82, 2.24) is 0 Å². The Labute approximate surface area is 66.5 Å². The van der Waals surface area contributed by atoms with Crippen LogP contribution in [0.25, 0.3) is 0 Å². The average molecular weight is 191 g/mol. The summed E-state index contributed by atoms with van der Waals surface area (Å²) in [5, 5.41) is 0. The van der Waals surface area contributed by atoms with Gasteiger partial charge in [-0.25, -0.2) is 0 Å². The first-order valence-corrected chi connectivity index (χ1v) is 4.45. The number of hydrogen-bond donors (Lipinski definition) is 0. The molecule has 0 aliphatic carbocycles. The van der Waals surface area contributed by atoms with Crippen LogP contribution in [-0.2, 0) is 0 Å². The van der Waals surface area contributed by atoms with E-state index < -0.39 is 0 Å². The fourth-order valence-electron chi connectivity index (χ4n) is 0.607. The van der Waals surface area contributed by atoms with E-state index in [1.165, 1.54) is 23.7 Å². The van der Waals surface area contributed by atoms with Crippen molar-refractivity contribution in [2.75, 3.05) is 0 Å². The zero-order chi connectivity index (χ0) is 7.11. The Kier molecular flexibility index (Phi) is 6.50. The van der Waals surface area contributed by atoms with E-state index in [4.69, 9.17) is 0 Å². The molecule has 0 rings (SSSR count). The molecule has 0 amide bonds. The predicted octanol–water partition coefficient (Wildman–Crippen LogP) is 3.87. The molecule has 0 radical (unpaired) electrons. The fourth-order valence-corrected chi connectivity index (χ4v) is 0.836. The van der Waals surface area contributed by atoms with Gasteiger partial charge < -0.3 is 0 Å². The summed E-state index contributed by atoms with van der Waals surface area (Å²) in [6, 6.07) is 0. The topological polar surface area (TPSA) is 0 Å². The number of hydrogen-bond acceptors (Lipinski definition) is 0. The first-order valence-electron chi connectivity index (χ1n) is 3.65. The maximum absolute atomic E-state index is 3.47. The molecule has 0 saturated heterocycles. The van der Waals surface area contributed by atoms with E-state index >= 15 is 0 Å². The summed E-state index contributed by atoms with van der Waals surface area (Å²) in [6.45, 7) is 4.38. The molecule has 0 heterocycles. The van der Waals surface area contributed by atoms with Gasteiger partial charge in [-0.3, -0.25) is 0 Å². The van der Waals surface area contributed by atoms with E-state index in [2.05, 4.69) is 35.9 Å². The second-order valence-electron chi connectivity index (χ2n) is 2.15. The second kappa shape index (κ2) is 6.34. The van der Waals surface area contributed by atoms with Crippen LogP contribution in [0.1, 0.15) is 39.5 Å². The van der Waals surface area contributed by atoms with Gasteiger partial charge >= 0.3 is 0 Å². The molecule has 0 atom stereocenters. The summed E-state index contributed by atoms with van der Waals surface area (Å²) in [7, 11) is 0. The number of halogens is 1. The minimum absolute atomic E-state index is 1.13. The van der Waals surface area contributed by atoms with Crippen molar-refractivity contribution in [3.8, 4) is 0 Å². The molecule has 9 heavy (non-hydrogen) atoms. The van der Waals surface area contributed by atoms with Crippen LogP contribution >= 0.6 is 15.9 Å².